The van der Waals surface area contributed by atoms with Gasteiger partial charge in [-0.2, -0.15) is 0 Å². The van der Waals surface area contributed by atoms with Gasteiger partial charge < -0.3 is 19.3 Å². The number of aliphatic hydroxyl groups is 1. The lowest BCUT2D eigenvalue weighted by molar-refractivity contribution is -0.115. The second-order valence-electron chi connectivity index (χ2n) is 6.45. The summed E-state index contributed by atoms with van der Waals surface area (Å²) in [7, 11) is 0. The number of piperidine rings is 1. The van der Waals surface area contributed by atoms with Crippen molar-refractivity contribution >= 4 is 0 Å². The minimum atomic E-state index is -0.515. The zero-order valence-corrected chi connectivity index (χ0v) is 13.8. The van der Waals surface area contributed by atoms with Crippen molar-refractivity contribution < 1.29 is 19.3 Å². The summed E-state index contributed by atoms with van der Waals surface area (Å²) >= 11 is 0. The van der Waals surface area contributed by atoms with Crippen LogP contribution in [0.5, 0.6) is 5.75 Å². The number of ether oxygens (including phenoxy) is 3. The van der Waals surface area contributed by atoms with E-state index in [0.29, 0.717) is 26.4 Å². The van der Waals surface area contributed by atoms with E-state index in [2.05, 4.69) is 4.90 Å². The molecule has 0 saturated carbocycles. The van der Waals surface area contributed by atoms with Crippen LogP contribution in [0.25, 0.3) is 0 Å². The third kappa shape index (κ3) is 4.67. The normalized spacial score (nSPS) is 24.7. The Morgan fingerprint density at radius 2 is 1.96 bits per heavy atom. The lowest BCUT2D eigenvalue weighted by Gasteiger charge is -2.38. The van der Waals surface area contributed by atoms with Crippen molar-refractivity contribution in [1.82, 2.24) is 4.90 Å². The lowest BCUT2D eigenvalue weighted by atomic mass is 10.0. The molecule has 1 aromatic carbocycles. The maximum absolute atomic E-state index is 10.3. The first-order valence-corrected chi connectivity index (χ1v) is 8.57. The summed E-state index contributed by atoms with van der Waals surface area (Å²) in [6.45, 7) is 5.28. The van der Waals surface area contributed by atoms with Gasteiger partial charge in [-0.3, -0.25) is 4.90 Å². The van der Waals surface area contributed by atoms with Gasteiger partial charge in [0.1, 0.15) is 18.5 Å². The molecule has 2 heterocycles. The zero-order chi connectivity index (χ0) is 16.1. The van der Waals surface area contributed by atoms with E-state index < -0.39 is 6.10 Å². The van der Waals surface area contributed by atoms with Crippen LogP contribution in [0.1, 0.15) is 24.8 Å². The standard InChI is InChI=1S/C18H27NO4/c1-14-5-7-16(8-6-14)23-13-15(20)12-19-9-3-2-4-17(19)18-21-10-11-22-18/h5-8,15,17-18,20H,2-4,9-13H2,1H3. The Morgan fingerprint density at radius 3 is 2.70 bits per heavy atom. The number of benzene rings is 1. The first-order valence-electron chi connectivity index (χ1n) is 8.57. The van der Waals surface area contributed by atoms with Gasteiger partial charge in [-0.05, 0) is 38.4 Å². The van der Waals surface area contributed by atoms with Crippen LogP contribution in [0.3, 0.4) is 0 Å². The number of likely N-dealkylation sites (tertiary alicyclic amines) is 1. The molecule has 128 valence electrons. The van der Waals surface area contributed by atoms with Crippen LogP contribution >= 0.6 is 0 Å². The average Bonchev–Trinajstić information content (AvgIpc) is 3.09. The fraction of sp³-hybridized carbons (Fsp3) is 0.667. The number of nitrogens with zero attached hydrogens (tertiary/aromatic N) is 1. The lowest BCUT2D eigenvalue weighted by Crippen LogP contribution is -2.50. The highest BCUT2D eigenvalue weighted by molar-refractivity contribution is 5.26. The summed E-state index contributed by atoms with van der Waals surface area (Å²) in [6, 6.07) is 8.15. The summed E-state index contributed by atoms with van der Waals surface area (Å²) in [5, 5.41) is 10.3. The maximum Gasteiger partial charge on any atom is 0.173 e. The fourth-order valence-corrected chi connectivity index (χ4v) is 3.30. The predicted octanol–water partition coefficient (Wildman–Crippen LogP) is 1.96. The highest BCUT2D eigenvalue weighted by Crippen LogP contribution is 2.24. The van der Waals surface area contributed by atoms with Crippen LogP contribution in [-0.4, -0.2) is 61.4 Å². The molecule has 2 fully saturated rings. The van der Waals surface area contributed by atoms with E-state index in [0.717, 1.165) is 25.1 Å². The van der Waals surface area contributed by atoms with Gasteiger partial charge in [-0.25, -0.2) is 0 Å². The van der Waals surface area contributed by atoms with Crippen LogP contribution in [0.2, 0.25) is 0 Å². The van der Waals surface area contributed by atoms with Crippen molar-refractivity contribution in [3.8, 4) is 5.75 Å². The smallest absolute Gasteiger partial charge is 0.173 e. The van der Waals surface area contributed by atoms with E-state index in [4.69, 9.17) is 14.2 Å². The summed E-state index contributed by atoms with van der Waals surface area (Å²) in [5.41, 5.74) is 1.20. The number of β-amino-alcohol motifs (C(OH)–C–C–N with tert-alkyl or cyclic N) is 1. The van der Waals surface area contributed by atoms with Gasteiger partial charge >= 0.3 is 0 Å². The third-order valence-corrected chi connectivity index (χ3v) is 4.53. The Bertz CT molecular complexity index is 472. The molecule has 0 aliphatic carbocycles. The molecule has 2 unspecified atom stereocenters. The first kappa shape index (κ1) is 16.7. The van der Waals surface area contributed by atoms with E-state index in [1.54, 1.807) is 0 Å². The molecule has 0 amide bonds. The average molecular weight is 321 g/mol. The summed E-state index contributed by atoms with van der Waals surface area (Å²) in [5.74, 6) is 0.798. The number of hydrogen-bond donors (Lipinski definition) is 1. The number of hydrogen-bond acceptors (Lipinski definition) is 5. The van der Waals surface area contributed by atoms with E-state index in [1.165, 1.54) is 12.0 Å². The molecule has 0 radical (unpaired) electrons. The molecule has 2 atom stereocenters. The molecule has 2 aliphatic rings. The summed E-state index contributed by atoms with van der Waals surface area (Å²) in [4.78, 5) is 2.29. The molecule has 0 spiro atoms. The Morgan fingerprint density at radius 1 is 1.22 bits per heavy atom. The van der Waals surface area contributed by atoms with Crippen LogP contribution < -0.4 is 4.74 Å². The molecular weight excluding hydrogens is 294 g/mol. The molecule has 1 N–H and O–H groups in total. The molecule has 5 heteroatoms. The first-order chi connectivity index (χ1) is 11.2. The van der Waals surface area contributed by atoms with Crippen LogP contribution in [0.15, 0.2) is 24.3 Å². The predicted molar refractivity (Wildman–Crippen MR) is 87.6 cm³/mol. The second kappa shape index (κ2) is 8.11. The number of rotatable bonds is 6. The van der Waals surface area contributed by atoms with E-state index >= 15 is 0 Å². The third-order valence-electron chi connectivity index (χ3n) is 4.53. The second-order valence-corrected chi connectivity index (χ2v) is 6.45. The summed E-state index contributed by atoms with van der Waals surface area (Å²) < 4.78 is 17.0. The fourth-order valence-electron chi connectivity index (χ4n) is 3.30. The number of aryl methyl sites for hydroxylation is 1. The quantitative estimate of drug-likeness (QED) is 0.868. The van der Waals surface area contributed by atoms with E-state index in [9.17, 15) is 5.11 Å². The van der Waals surface area contributed by atoms with Crippen molar-refractivity contribution in [2.45, 2.75) is 44.6 Å². The monoisotopic (exact) mass is 321 g/mol. The Labute approximate surface area is 138 Å². The molecule has 1 aromatic rings. The van der Waals surface area contributed by atoms with Gasteiger partial charge in [0.25, 0.3) is 0 Å². The Kier molecular flexibility index (Phi) is 5.89. The van der Waals surface area contributed by atoms with Crippen molar-refractivity contribution in [2.24, 2.45) is 0 Å². The molecule has 0 aromatic heterocycles. The minimum Gasteiger partial charge on any atom is -0.491 e. The number of aliphatic hydroxyl groups excluding tert-OH is 1. The van der Waals surface area contributed by atoms with Gasteiger partial charge in [0.05, 0.1) is 19.3 Å². The molecule has 3 rings (SSSR count). The van der Waals surface area contributed by atoms with Crippen LogP contribution in [0, 0.1) is 6.92 Å². The Hall–Kier alpha value is -1.14. The van der Waals surface area contributed by atoms with Crippen molar-refractivity contribution in [1.29, 1.82) is 0 Å². The molecule has 5 nitrogen and oxygen atoms in total. The van der Waals surface area contributed by atoms with Crippen molar-refractivity contribution in [3.63, 3.8) is 0 Å². The van der Waals surface area contributed by atoms with E-state index in [1.807, 2.05) is 31.2 Å². The topological polar surface area (TPSA) is 51.2 Å². The molecular formula is C18H27NO4. The van der Waals surface area contributed by atoms with Crippen molar-refractivity contribution in [2.75, 3.05) is 32.9 Å². The SMILES string of the molecule is Cc1ccc(OCC(O)CN2CCCCC2C2OCCO2)cc1. The van der Waals surface area contributed by atoms with Crippen molar-refractivity contribution in [3.05, 3.63) is 29.8 Å². The van der Waals surface area contributed by atoms with Crippen LogP contribution in [0.4, 0.5) is 0 Å². The largest absolute Gasteiger partial charge is 0.491 e. The summed E-state index contributed by atoms with van der Waals surface area (Å²) in [6.07, 6.45) is 2.77. The van der Waals surface area contributed by atoms with E-state index in [-0.39, 0.29) is 12.3 Å². The highest BCUT2D eigenvalue weighted by Gasteiger charge is 2.34. The molecule has 2 saturated heterocycles. The molecule has 0 bridgehead atoms. The van der Waals surface area contributed by atoms with Crippen LogP contribution in [-0.2, 0) is 9.47 Å². The van der Waals surface area contributed by atoms with Gasteiger partial charge in [0.2, 0.25) is 0 Å². The zero-order valence-electron chi connectivity index (χ0n) is 13.8. The Balaban J connectivity index is 1.48. The molecule has 23 heavy (non-hydrogen) atoms. The minimum absolute atomic E-state index is 0.138. The molecule has 2 aliphatic heterocycles. The van der Waals surface area contributed by atoms with Gasteiger partial charge in [-0.1, -0.05) is 24.1 Å². The van der Waals surface area contributed by atoms with Gasteiger partial charge in [0.15, 0.2) is 6.29 Å². The highest BCUT2D eigenvalue weighted by atomic mass is 16.7. The maximum atomic E-state index is 10.3. The van der Waals surface area contributed by atoms with Gasteiger partial charge in [-0.15, -0.1) is 0 Å². The van der Waals surface area contributed by atoms with Gasteiger partial charge in [0, 0.05) is 6.54 Å².